The fourth-order valence-electron chi connectivity index (χ4n) is 12.5. The van der Waals surface area contributed by atoms with Gasteiger partial charge in [-0.05, 0) is 174 Å². The van der Waals surface area contributed by atoms with Crippen molar-refractivity contribution in [3.05, 3.63) is 218 Å². The number of anilines is 6. The van der Waals surface area contributed by atoms with Gasteiger partial charge in [-0.15, -0.1) is 0 Å². The molecule has 0 atom stereocenters. The molecule has 72 heavy (non-hydrogen) atoms. The van der Waals surface area contributed by atoms with Gasteiger partial charge in [0.2, 0.25) is 0 Å². The molecule has 0 fully saturated rings. The third-order valence-electron chi connectivity index (χ3n) is 16.2. The number of hydrogen-bond donors (Lipinski definition) is 0. The Balaban J connectivity index is 0.823. The van der Waals surface area contributed by atoms with E-state index in [2.05, 4.69) is 254 Å². The minimum atomic E-state index is -1.89. The van der Waals surface area contributed by atoms with Gasteiger partial charge in [0.25, 0.3) is 0 Å². The minimum Gasteiger partial charge on any atom is -0.452 e. The molecule has 6 heteroatoms. The summed E-state index contributed by atoms with van der Waals surface area (Å²) < 4.78 is 13.8. The molecule has 0 saturated heterocycles. The van der Waals surface area contributed by atoms with Crippen molar-refractivity contribution in [1.29, 1.82) is 0 Å². The molecular formula is C66H48N2O2Si2. The monoisotopic (exact) mass is 956 g/mol. The van der Waals surface area contributed by atoms with Crippen LogP contribution >= 0.6 is 0 Å². The van der Waals surface area contributed by atoms with Gasteiger partial charge in [-0.1, -0.05) is 135 Å². The van der Waals surface area contributed by atoms with Crippen LogP contribution in [0, 0.1) is 0 Å². The van der Waals surface area contributed by atoms with Crippen LogP contribution in [-0.4, -0.2) is 16.1 Å². The summed E-state index contributed by atoms with van der Waals surface area (Å²) in [5, 5.41) is 14.8. The van der Waals surface area contributed by atoms with Crippen LogP contribution in [0.15, 0.2) is 227 Å². The molecule has 15 rings (SSSR count). The average molecular weight is 957 g/mol. The van der Waals surface area contributed by atoms with Crippen molar-refractivity contribution >= 4 is 136 Å². The van der Waals surface area contributed by atoms with Crippen molar-refractivity contribution in [2.24, 2.45) is 0 Å². The Hall–Kier alpha value is -8.43. The normalized spacial score (nSPS) is 14.1. The molecule has 4 heterocycles. The average Bonchev–Trinajstić information content (AvgIpc) is 4.10. The standard InChI is InChI=1S/C66H48N2O2Si2/c1-71(2)61-21-13-11-19-51(61)53-29-27-49(39-63(53)71)67(45-15-7-5-8-16-45)47-25-23-41-35-57-55-31-32-56-58-36-42-24-26-48(34-44(42)38-60(58)70-66(56)65(55)69-59(57)37-43(41)33-47)68(46-17-9-6-10-18-46)50-28-30-54-52-20-12-14-22-62(52)72(3,4)64(54)40-50/h5-40H,1-4H3. The first-order chi connectivity index (χ1) is 35.2. The highest BCUT2D eigenvalue weighted by Gasteiger charge is 2.39. The van der Waals surface area contributed by atoms with E-state index in [9.17, 15) is 0 Å². The Bertz CT molecular complexity index is 4130. The second-order valence-electron chi connectivity index (χ2n) is 20.9. The summed E-state index contributed by atoms with van der Waals surface area (Å²) in [5.41, 5.74) is 15.5. The largest absolute Gasteiger partial charge is 0.452 e. The minimum absolute atomic E-state index is 0.774. The molecule has 0 saturated carbocycles. The number of nitrogens with zero attached hydrogens (tertiary/aromatic N) is 2. The number of furan rings is 2. The van der Waals surface area contributed by atoms with Crippen molar-refractivity contribution in [3.63, 3.8) is 0 Å². The van der Waals surface area contributed by atoms with E-state index in [0.717, 1.165) is 88.2 Å². The Labute approximate surface area is 419 Å². The molecular weight excluding hydrogens is 909 g/mol. The van der Waals surface area contributed by atoms with Crippen molar-refractivity contribution in [3.8, 4) is 22.3 Å². The van der Waals surface area contributed by atoms with Crippen LogP contribution in [0.1, 0.15) is 0 Å². The van der Waals surface area contributed by atoms with Crippen LogP contribution < -0.4 is 30.5 Å². The molecule has 0 unspecified atom stereocenters. The van der Waals surface area contributed by atoms with Gasteiger partial charge in [-0.3, -0.25) is 0 Å². The second-order valence-corrected chi connectivity index (χ2v) is 29.6. The van der Waals surface area contributed by atoms with Gasteiger partial charge < -0.3 is 18.6 Å². The molecule has 13 aromatic rings. The third kappa shape index (κ3) is 5.97. The van der Waals surface area contributed by atoms with Gasteiger partial charge >= 0.3 is 0 Å². The lowest BCUT2D eigenvalue weighted by molar-refractivity contribution is 0.634. The third-order valence-corrected chi connectivity index (χ3v) is 23.2. The lowest BCUT2D eigenvalue weighted by Gasteiger charge is -2.27. The van der Waals surface area contributed by atoms with Crippen LogP contribution in [-0.2, 0) is 0 Å². The first-order valence-electron chi connectivity index (χ1n) is 25.1. The molecule has 2 aliphatic rings. The molecule has 0 spiro atoms. The lowest BCUT2D eigenvalue weighted by atomic mass is 10.0. The first kappa shape index (κ1) is 41.4. The summed E-state index contributed by atoms with van der Waals surface area (Å²) in [7, 11) is -3.77. The molecule has 0 amide bonds. The SMILES string of the molecule is C[Si]1(C)c2ccccc2-c2ccc(N(c3ccccc3)c3ccc4cc5c(cc4c3)oc3c5ccc4c5cc6ccc(N(c7ccccc7)c7ccc8c(c7)[Si](C)(C)c7ccccc7-8)cc6cc5oc43)cc21. The number of para-hydroxylation sites is 2. The number of rotatable bonds is 6. The van der Waals surface area contributed by atoms with E-state index in [4.69, 9.17) is 8.83 Å². The highest BCUT2D eigenvalue weighted by molar-refractivity contribution is 7.04. The van der Waals surface area contributed by atoms with Crippen molar-refractivity contribution in [2.75, 3.05) is 9.80 Å². The summed E-state index contributed by atoms with van der Waals surface area (Å²) in [6, 6.07) is 80.7. The first-order valence-corrected chi connectivity index (χ1v) is 31.1. The van der Waals surface area contributed by atoms with E-state index in [1.54, 1.807) is 0 Å². The fraction of sp³-hybridized carbons (Fsp3) is 0.0606. The molecule has 342 valence electrons. The number of benzene rings is 11. The smallest absolute Gasteiger partial charge is 0.178 e. The zero-order chi connectivity index (χ0) is 48.0. The molecule has 2 aliphatic heterocycles. The Morgan fingerprint density at radius 2 is 0.653 bits per heavy atom. The molecule has 2 aromatic heterocycles. The van der Waals surface area contributed by atoms with Gasteiger partial charge in [-0.25, -0.2) is 0 Å². The zero-order valence-corrected chi connectivity index (χ0v) is 42.5. The van der Waals surface area contributed by atoms with E-state index in [1.165, 1.54) is 54.4 Å². The quantitative estimate of drug-likeness (QED) is 0.156. The Morgan fingerprint density at radius 1 is 0.278 bits per heavy atom. The summed E-state index contributed by atoms with van der Waals surface area (Å²) in [6.45, 7) is 9.93. The van der Waals surface area contributed by atoms with Crippen LogP contribution in [0.5, 0.6) is 0 Å². The van der Waals surface area contributed by atoms with Crippen LogP contribution in [0.2, 0.25) is 26.2 Å². The number of hydrogen-bond acceptors (Lipinski definition) is 4. The highest BCUT2D eigenvalue weighted by atomic mass is 28.3. The maximum atomic E-state index is 6.88. The molecule has 11 aromatic carbocycles. The van der Waals surface area contributed by atoms with Crippen LogP contribution in [0.4, 0.5) is 34.1 Å². The summed E-state index contributed by atoms with van der Waals surface area (Å²) >= 11 is 0. The molecule has 0 bridgehead atoms. The Morgan fingerprint density at radius 3 is 1.10 bits per heavy atom. The van der Waals surface area contributed by atoms with Crippen molar-refractivity contribution < 1.29 is 8.83 Å². The van der Waals surface area contributed by atoms with E-state index in [-0.39, 0.29) is 0 Å². The second kappa shape index (κ2) is 15.0. The van der Waals surface area contributed by atoms with E-state index >= 15 is 0 Å². The summed E-state index contributed by atoms with van der Waals surface area (Å²) in [4.78, 5) is 4.79. The van der Waals surface area contributed by atoms with Gasteiger partial charge in [-0.2, -0.15) is 0 Å². The summed E-state index contributed by atoms with van der Waals surface area (Å²) in [6.07, 6.45) is 0. The molecule has 4 nitrogen and oxygen atoms in total. The molecule has 0 radical (unpaired) electrons. The van der Waals surface area contributed by atoms with Gasteiger partial charge in [0.05, 0.1) is 0 Å². The van der Waals surface area contributed by atoms with Crippen molar-refractivity contribution in [1.82, 2.24) is 0 Å². The van der Waals surface area contributed by atoms with Crippen LogP contribution in [0.25, 0.3) is 87.7 Å². The fourth-order valence-corrected chi connectivity index (χ4v) is 18.7. The topological polar surface area (TPSA) is 32.8 Å². The van der Waals surface area contributed by atoms with E-state index < -0.39 is 16.1 Å². The lowest BCUT2D eigenvalue weighted by Crippen LogP contribution is -2.49. The molecule has 0 N–H and O–H groups in total. The van der Waals surface area contributed by atoms with Gasteiger partial charge in [0.15, 0.2) is 11.2 Å². The van der Waals surface area contributed by atoms with Gasteiger partial charge in [0, 0.05) is 55.7 Å². The highest BCUT2D eigenvalue weighted by Crippen LogP contribution is 2.45. The maximum absolute atomic E-state index is 6.88. The number of fused-ring (bicyclic) bond motifs is 15. The zero-order valence-electron chi connectivity index (χ0n) is 40.5. The summed E-state index contributed by atoms with van der Waals surface area (Å²) in [5.74, 6) is 0. The van der Waals surface area contributed by atoms with E-state index in [1.807, 2.05) is 0 Å². The van der Waals surface area contributed by atoms with Crippen LogP contribution in [0.3, 0.4) is 0 Å². The predicted molar refractivity (Wildman–Crippen MR) is 310 cm³/mol. The predicted octanol–water partition coefficient (Wildman–Crippen LogP) is 16.3. The Kier molecular flexibility index (Phi) is 8.64. The van der Waals surface area contributed by atoms with E-state index in [0.29, 0.717) is 0 Å². The van der Waals surface area contributed by atoms with Crippen molar-refractivity contribution in [2.45, 2.75) is 26.2 Å². The molecule has 0 aliphatic carbocycles. The maximum Gasteiger partial charge on any atom is 0.178 e. The van der Waals surface area contributed by atoms with Gasteiger partial charge in [0.1, 0.15) is 27.3 Å².